The van der Waals surface area contributed by atoms with Crippen molar-refractivity contribution >= 4 is 0 Å². The van der Waals surface area contributed by atoms with Gasteiger partial charge in [0.25, 0.3) is 11.6 Å². The largest absolute Gasteiger partial charge is 0.490 e. The van der Waals surface area contributed by atoms with E-state index in [4.69, 9.17) is 9.47 Å². The van der Waals surface area contributed by atoms with Crippen LogP contribution in [0.2, 0.25) is 0 Å². The topological polar surface area (TPSA) is 53.4 Å². The highest BCUT2D eigenvalue weighted by atomic mass is 16.6. The van der Waals surface area contributed by atoms with E-state index in [1.54, 1.807) is 6.20 Å². The molecule has 3 rings (SSSR count). The molecule has 5 heteroatoms. The summed E-state index contributed by atoms with van der Waals surface area (Å²) in [5.41, 5.74) is 1.42. The van der Waals surface area contributed by atoms with Gasteiger partial charge in [-0.05, 0) is 34.9 Å². The Labute approximate surface area is 155 Å². The monoisotopic (exact) mass is 356 g/mol. The first-order valence-electron chi connectivity index (χ1n) is 9.10. The zero-order valence-corrected chi connectivity index (χ0v) is 16.3. The van der Waals surface area contributed by atoms with E-state index < -0.39 is 0 Å². The van der Waals surface area contributed by atoms with E-state index in [1.165, 1.54) is 11.6 Å². The van der Waals surface area contributed by atoms with Gasteiger partial charge in [-0.3, -0.25) is 9.36 Å². The van der Waals surface area contributed by atoms with Crippen LogP contribution < -0.4 is 15.0 Å². The van der Waals surface area contributed by atoms with Crippen molar-refractivity contribution in [3.63, 3.8) is 0 Å². The predicted molar refractivity (Wildman–Crippen MR) is 102 cm³/mol. The van der Waals surface area contributed by atoms with Gasteiger partial charge in [0.2, 0.25) is 0 Å². The van der Waals surface area contributed by atoms with Crippen molar-refractivity contribution < 1.29 is 9.47 Å². The molecule has 1 atom stereocenters. The lowest BCUT2D eigenvalue weighted by atomic mass is 9.72. The highest BCUT2D eigenvalue weighted by Gasteiger charge is 2.27. The molecule has 0 spiro atoms. The van der Waals surface area contributed by atoms with Crippen LogP contribution in [0.25, 0.3) is 0 Å². The second-order valence-corrected chi connectivity index (χ2v) is 8.90. The van der Waals surface area contributed by atoms with Gasteiger partial charge in [-0.15, -0.1) is 0 Å². The third kappa shape index (κ3) is 4.45. The first-order valence-corrected chi connectivity index (χ1v) is 9.10. The molecule has 26 heavy (non-hydrogen) atoms. The van der Waals surface area contributed by atoms with Gasteiger partial charge in [-0.1, -0.05) is 46.8 Å². The summed E-state index contributed by atoms with van der Waals surface area (Å²) in [7, 11) is 0. The molecule has 0 bridgehead atoms. The minimum absolute atomic E-state index is 0.116. The molecule has 2 aromatic rings. The van der Waals surface area contributed by atoms with Gasteiger partial charge >= 0.3 is 0 Å². The average Bonchev–Trinajstić information content (AvgIpc) is 2.93. The van der Waals surface area contributed by atoms with Crippen molar-refractivity contribution in [2.75, 3.05) is 6.61 Å². The minimum Gasteiger partial charge on any atom is -0.490 e. The Bertz CT molecular complexity index is 816. The number of fused-ring (bicyclic) bond motifs is 1. The Balaban J connectivity index is 1.58. The van der Waals surface area contributed by atoms with Gasteiger partial charge in [0, 0.05) is 12.3 Å². The Morgan fingerprint density at radius 3 is 2.50 bits per heavy atom. The third-order valence-corrected chi connectivity index (χ3v) is 4.56. The first kappa shape index (κ1) is 18.5. The van der Waals surface area contributed by atoms with Gasteiger partial charge in [-0.2, -0.15) is 4.98 Å². The number of rotatable bonds is 5. The van der Waals surface area contributed by atoms with Crippen molar-refractivity contribution in [1.29, 1.82) is 0 Å². The summed E-state index contributed by atoms with van der Waals surface area (Å²) in [6.45, 7) is 12.4. The molecular formula is C21H28N2O3. The molecule has 0 N–H and O–H groups in total. The Kier molecular flexibility index (Phi) is 4.82. The second-order valence-electron chi connectivity index (χ2n) is 8.90. The van der Waals surface area contributed by atoms with Crippen LogP contribution in [0.1, 0.15) is 46.6 Å². The molecular weight excluding hydrogens is 328 g/mol. The van der Waals surface area contributed by atoms with E-state index in [-0.39, 0.29) is 22.5 Å². The van der Waals surface area contributed by atoms with E-state index in [0.717, 1.165) is 12.2 Å². The van der Waals surface area contributed by atoms with Crippen LogP contribution in [-0.2, 0) is 12.0 Å². The van der Waals surface area contributed by atoms with Crippen LogP contribution in [0.15, 0.2) is 41.3 Å². The first-order chi connectivity index (χ1) is 12.1. The summed E-state index contributed by atoms with van der Waals surface area (Å²) in [6, 6.07) is 10.1. The Hall–Kier alpha value is -2.30. The minimum atomic E-state index is -0.286. The molecule has 0 saturated heterocycles. The van der Waals surface area contributed by atoms with E-state index in [1.807, 2.05) is 16.7 Å². The number of benzene rings is 1. The van der Waals surface area contributed by atoms with Crippen molar-refractivity contribution in [3.8, 4) is 11.8 Å². The second kappa shape index (κ2) is 6.78. The lowest BCUT2D eigenvalue weighted by molar-refractivity contribution is 0.143. The van der Waals surface area contributed by atoms with Crippen LogP contribution in [0.3, 0.4) is 0 Å². The molecule has 0 amide bonds. The molecule has 1 aliphatic rings. The average molecular weight is 356 g/mol. The summed E-state index contributed by atoms with van der Waals surface area (Å²) >= 11 is 0. The lowest BCUT2D eigenvalue weighted by Crippen LogP contribution is -2.25. The van der Waals surface area contributed by atoms with Gasteiger partial charge in [0.1, 0.15) is 12.4 Å². The summed E-state index contributed by atoms with van der Waals surface area (Å²) in [5, 5.41) is 0. The van der Waals surface area contributed by atoms with Crippen LogP contribution in [-0.4, -0.2) is 22.3 Å². The molecule has 0 saturated carbocycles. The van der Waals surface area contributed by atoms with Crippen LogP contribution in [0.4, 0.5) is 0 Å². The Morgan fingerprint density at radius 2 is 1.85 bits per heavy atom. The SMILES string of the molecule is CC(C)(C)CC(C)(C)c1ccc(OC[C@H]2Cn3ccc(=O)nc3O2)cc1. The van der Waals surface area contributed by atoms with Crippen LogP contribution >= 0.6 is 0 Å². The summed E-state index contributed by atoms with van der Waals surface area (Å²) in [4.78, 5) is 15.1. The van der Waals surface area contributed by atoms with Crippen molar-refractivity contribution in [3.05, 3.63) is 52.4 Å². The molecule has 1 aliphatic heterocycles. The number of nitrogens with zero attached hydrogens (tertiary/aromatic N) is 2. The summed E-state index contributed by atoms with van der Waals surface area (Å²) < 4.78 is 13.4. The van der Waals surface area contributed by atoms with Gasteiger partial charge in [-0.25, -0.2) is 0 Å². The standard InChI is InChI=1S/C21H28N2O3/c1-20(2,3)14-21(4,5)15-6-8-16(9-7-15)25-13-17-12-23-11-10-18(24)22-19(23)26-17/h6-11,17H,12-14H2,1-5H3/t17-/m1/s1. The quantitative estimate of drug-likeness (QED) is 0.818. The smallest absolute Gasteiger partial charge is 0.300 e. The normalized spacial score (nSPS) is 16.9. The summed E-state index contributed by atoms with van der Waals surface area (Å²) in [6.07, 6.45) is 2.68. The lowest BCUT2D eigenvalue weighted by Gasteiger charge is -2.33. The van der Waals surface area contributed by atoms with Crippen molar-refractivity contribution in [2.24, 2.45) is 5.41 Å². The molecule has 0 fully saturated rings. The molecule has 0 unspecified atom stereocenters. The zero-order chi connectivity index (χ0) is 18.9. The number of hydrogen-bond acceptors (Lipinski definition) is 4. The maximum Gasteiger partial charge on any atom is 0.300 e. The maximum atomic E-state index is 11.3. The third-order valence-electron chi connectivity index (χ3n) is 4.56. The highest BCUT2D eigenvalue weighted by Crippen LogP contribution is 2.36. The number of hydrogen-bond donors (Lipinski definition) is 0. The number of aromatic nitrogens is 2. The van der Waals surface area contributed by atoms with E-state index >= 15 is 0 Å². The van der Waals surface area contributed by atoms with Gasteiger partial charge in [0.15, 0.2) is 6.10 Å². The van der Waals surface area contributed by atoms with Gasteiger partial charge < -0.3 is 9.47 Å². The van der Waals surface area contributed by atoms with Crippen LogP contribution in [0.5, 0.6) is 11.8 Å². The molecule has 2 heterocycles. The fraction of sp³-hybridized carbons (Fsp3) is 0.524. The van der Waals surface area contributed by atoms with Crippen molar-refractivity contribution in [2.45, 2.75) is 59.1 Å². The van der Waals surface area contributed by atoms with Gasteiger partial charge in [0.05, 0.1) is 6.54 Å². The zero-order valence-electron chi connectivity index (χ0n) is 16.3. The summed E-state index contributed by atoms with van der Waals surface area (Å²) in [5.74, 6) is 0.822. The Morgan fingerprint density at radius 1 is 1.15 bits per heavy atom. The fourth-order valence-electron chi connectivity index (χ4n) is 3.76. The highest BCUT2D eigenvalue weighted by molar-refractivity contribution is 5.31. The molecule has 1 aromatic heterocycles. The van der Waals surface area contributed by atoms with E-state index in [0.29, 0.717) is 19.2 Å². The molecule has 0 radical (unpaired) electrons. The number of ether oxygens (including phenoxy) is 2. The maximum absolute atomic E-state index is 11.3. The van der Waals surface area contributed by atoms with Crippen LogP contribution in [0, 0.1) is 5.41 Å². The van der Waals surface area contributed by atoms with E-state index in [2.05, 4.69) is 51.7 Å². The molecule has 5 nitrogen and oxygen atoms in total. The fourth-order valence-corrected chi connectivity index (χ4v) is 3.76. The molecule has 1 aromatic carbocycles. The molecule has 140 valence electrons. The molecule has 0 aliphatic carbocycles. The predicted octanol–water partition coefficient (Wildman–Crippen LogP) is 3.80. The van der Waals surface area contributed by atoms with Crippen molar-refractivity contribution in [1.82, 2.24) is 9.55 Å². The van der Waals surface area contributed by atoms with E-state index in [9.17, 15) is 4.79 Å².